The van der Waals surface area contributed by atoms with E-state index in [1.807, 2.05) is 46.2 Å². The second-order valence-corrected chi connectivity index (χ2v) is 6.26. The van der Waals surface area contributed by atoms with Crippen molar-refractivity contribution in [1.82, 2.24) is 0 Å². The third-order valence-corrected chi connectivity index (χ3v) is 4.55. The summed E-state index contributed by atoms with van der Waals surface area (Å²) in [6, 6.07) is 11.1. The second-order valence-electron chi connectivity index (χ2n) is 4.15. The number of nitrogen functional groups attached to an aromatic ring is 1. The number of hydrogen-bond acceptors (Lipinski definition) is 3. The minimum atomic E-state index is -0.270. The van der Waals surface area contributed by atoms with E-state index in [4.69, 9.17) is 5.73 Å². The summed E-state index contributed by atoms with van der Waals surface area (Å²) in [5, 5.41) is 6.37. The van der Waals surface area contributed by atoms with Crippen molar-refractivity contribution in [2.75, 3.05) is 11.1 Å². The van der Waals surface area contributed by atoms with Crippen molar-refractivity contribution in [3.05, 3.63) is 51.2 Å². The van der Waals surface area contributed by atoms with Gasteiger partial charge in [0.25, 0.3) is 0 Å². The Kier molecular flexibility index (Phi) is 3.32. The lowest BCUT2D eigenvalue weighted by Crippen LogP contribution is -1.98. The highest BCUT2D eigenvalue weighted by Gasteiger charge is 2.06. The van der Waals surface area contributed by atoms with Crippen LogP contribution in [-0.4, -0.2) is 0 Å². The SMILES string of the molecule is Nc1cc(I)c(F)cc1Nc1ccc2sccc2c1. The zero-order valence-electron chi connectivity index (χ0n) is 9.78. The molecule has 0 amide bonds. The van der Waals surface area contributed by atoms with Crippen molar-refractivity contribution in [3.63, 3.8) is 0 Å². The van der Waals surface area contributed by atoms with Crippen LogP contribution < -0.4 is 11.1 Å². The van der Waals surface area contributed by atoms with Crippen LogP contribution in [0.25, 0.3) is 10.1 Å². The minimum Gasteiger partial charge on any atom is -0.397 e. The molecule has 1 aromatic heterocycles. The molecular weight excluding hydrogens is 374 g/mol. The molecule has 0 saturated heterocycles. The van der Waals surface area contributed by atoms with E-state index < -0.39 is 0 Å². The molecule has 3 aromatic rings. The van der Waals surface area contributed by atoms with Gasteiger partial charge in [0.15, 0.2) is 0 Å². The molecule has 3 N–H and O–H groups in total. The standard InChI is InChI=1S/C14H10FIN2S/c15-10-6-13(12(17)7-11(10)16)18-9-1-2-14-8(5-9)3-4-19-14/h1-7,18H,17H2. The first kappa shape index (κ1) is 12.7. The number of nitrogens with two attached hydrogens (primary N) is 1. The highest BCUT2D eigenvalue weighted by molar-refractivity contribution is 14.1. The van der Waals surface area contributed by atoms with E-state index in [2.05, 4.69) is 11.4 Å². The van der Waals surface area contributed by atoms with E-state index in [-0.39, 0.29) is 5.82 Å². The Morgan fingerprint density at radius 3 is 2.84 bits per heavy atom. The van der Waals surface area contributed by atoms with Crippen LogP contribution in [-0.2, 0) is 0 Å². The van der Waals surface area contributed by atoms with Crippen LogP contribution in [0.1, 0.15) is 0 Å². The van der Waals surface area contributed by atoms with E-state index >= 15 is 0 Å². The molecule has 19 heavy (non-hydrogen) atoms. The molecule has 0 aliphatic carbocycles. The van der Waals surface area contributed by atoms with Crippen molar-refractivity contribution in [2.45, 2.75) is 0 Å². The van der Waals surface area contributed by atoms with E-state index in [0.29, 0.717) is 14.9 Å². The summed E-state index contributed by atoms with van der Waals surface area (Å²) in [5.41, 5.74) is 7.93. The molecule has 0 spiro atoms. The predicted octanol–water partition coefficient (Wildman–Crippen LogP) is 4.97. The van der Waals surface area contributed by atoms with Gasteiger partial charge in [-0.2, -0.15) is 0 Å². The topological polar surface area (TPSA) is 38.0 Å². The number of rotatable bonds is 2. The van der Waals surface area contributed by atoms with E-state index in [0.717, 1.165) is 5.69 Å². The van der Waals surface area contributed by atoms with Gasteiger partial charge in [0.05, 0.1) is 14.9 Å². The fourth-order valence-electron chi connectivity index (χ4n) is 1.87. The molecule has 0 unspecified atom stereocenters. The molecule has 0 atom stereocenters. The van der Waals surface area contributed by atoms with E-state index in [1.165, 1.54) is 16.2 Å². The largest absolute Gasteiger partial charge is 0.397 e. The van der Waals surface area contributed by atoms with Gasteiger partial charge in [-0.25, -0.2) is 4.39 Å². The van der Waals surface area contributed by atoms with Gasteiger partial charge in [-0.1, -0.05) is 0 Å². The molecule has 5 heteroatoms. The van der Waals surface area contributed by atoms with Crippen molar-refractivity contribution in [2.24, 2.45) is 0 Å². The number of benzene rings is 2. The maximum Gasteiger partial charge on any atom is 0.138 e. The van der Waals surface area contributed by atoms with Crippen molar-refractivity contribution in [1.29, 1.82) is 0 Å². The first-order valence-electron chi connectivity index (χ1n) is 5.62. The lowest BCUT2D eigenvalue weighted by atomic mass is 10.2. The molecule has 0 bridgehead atoms. The number of halogens is 2. The minimum absolute atomic E-state index is 0.270. The third-order valence-electron chi connectivity index (χ3n) is 2.82. The maximum atomic E-state index is 13.6. The molecule has 3 rings (SSSR count). The third kappa shape index (κ3) is 2.52. The summed E-state index contributed by atoms with van der Waals surface area (Å²) in [6.07, 6.45) is 0. The zero-order valence-corrected chi connectivity index (χ0v) is 12.8. The molecule has 96 valence electrons. The first-order chi connectivity index (χ1) is 9.13. The van der Waals surface area contributed by atoms with Gasteiger partial charge < -0.3 is 11.1 Å². The van der Waals surface area contributed by atoms with Crippen LogP contribution in [0.5, 0.6) is 0 Å². The zero-order chi connectivity index (χ0) is 13.4. The average molecular weight is 384 g/mol. The van der Waals surface area contributed by atoms with Gasteiger partial charge in [-0.15, -0.1) is 11.3 Å². The molecule has 2 nitrogen and oxygen atoms in total. The van der Waals surface area contributed by atoms with Gasteiger partial charge in [0.2, 0.25) is 0 Å². The Labute approximate surface area is 127 Å². The number of nitrogens with one attached hydrogen (secondary N) is 1. The van der Waals surface area contributed by atoms with E-state index in [1.54, 1.807) is 17.4 Å². The summed E-state index contributed by atoms with van der Waals surface area (Å²) in [5.74, 6) is -0.270. The van der Waals surface area contributed by atoms with E-state index in [9.17, 15) is 4.39 Å². The maximum absolute atomic E-state index is 13.6. The predicted molar refractivity (Wildman–Crippen MR) is 88.6 cm³/mol. The van der Waals surface area contributed by atoms with Gasteiger partial charge in [-0.05, 0) is 63.7 Å². The lowest BCUT2D eigenvalue weighted by Gasteiger charge is -2.10. The Morgan fingerprint density at radius 2 is 2.00 bits per heavy atom. The van der Waals surface area contributed by atoms with Gasteiger partial charge in [0, 0.05) is 16.5 Å². The molecule has 0 radical (unpaired) electrons. The Bertz CT molecular complexity index is 754. The number of anilines is 3. The van der Waals surface area contributed by atoms with Crippen LogP contribution >= 0.6 is 33.9 Å². The summed E-state index contributed by atoms with van der Waals surface area (Å²) in [6.45, 7) is 0. The highest BCUT2D eigenvalue weighted by atomic mass is 127. The summed E-state index contributed by atoms with van der Waals surface area (Å²) >= 11 is 3.62. The quantitative estimate of drug-likeness (QED) is 0.484. The van der Waals surface area contributed by atoms with Gasteiger partial charge in [-0.3, -0.25) is 0 Å². The average Bonchev–Trinajstić information content (AvgIpc) is 2.83. The lowest BCUT2D eigenvalue weighted by molar-refractivity contribution is 0.621. The molecule has 2 aromatic carbocycles. The number of thiophene rings is 1. The van der Waals surface area contributed by atoms with Gasteiger partial charge in [0.1, 0.15) is 5.82 Å². The molecule has 0 saturated carbocycles. The van der Waals surface area contributed by atoms with Crippen LogP contribution in [0, 0.1) is 9.39 Å². The molecule has 0 aliphatic rings. The second kappa shape index (κ2) is 4.97. The fourth-order valence-corrected chi connectivity index (χ4v) is 3.13. The fraction of sp³-hybridized carbons (Fsp3) is 0. The van der Waals surface area contributed by atoms with Gasteiger partial charge >= 0.3 is 0 Å². The normalized spacial score (nSPS) is 10.8. The summed E-state index contributed by atoms with van der Waals surface area (Å²) < 4.78 is 15.3. The Balaban J connectivity index is 1.98. The number of fused-ring (bicyclic) bond motifs is 1. The molecule has 0 fully saturated rings. The molecular formula is C14H10FIN2S. The summed E-state index contributed by atoms with van der Waals surface area (Å²) in [7, 11) is 0. The smallest absolute Gasteiger partial charge is 0.138 e. The van der Waals surface area contributed by atoms with Crippen LogP contribution in [0.15, 0.2) is 41.8 Å². The molecule has 0 aliphatic heterocycles. The van der Waals surface area contributed by atoms with Crippen molar-refractivity contribution >= 4 is 61.1 Å². The Morgan fingerprint density at radius 1 is 1.16 bits per heavy atom. The van der Waals surface area contributed by atoms with Crippen LogP contribution in [0.2, 0.25) is 0 Å². The van der Waals surface area contributed by atoms with Crippen molar-refractivity contribution in [3.8, 4) is 0 Å². The van der Waals surface area contributed by atoms with Crippen LogP contribution in [0.3, 0.4) is 0 Å². The molecule has 1 heterocycles. The summed E-state index contributed by atoms with van der Waals surface area (Å²) in [4.78, 5) is 0. The first-order valence-corrected chi connectivity index (χ1v) is 7.58. The van der Waals surface area contributed by atoms with Crippen LogP contribution in [0.4, 0.5) is 21.5 Å². The number of hydrogen-bond donors (Lipinski definition) is 2. The van der Waals surface area contributed by atoms with Crippen molar-refractivity contribution < 1.29 is 4.39 Å². The Hall–Kier alpha value is -1.34. The monoisotopic (exact) mass is 384 g/mol. The highest BCUT2D eigenvalue weighted by Crippen LogP contribution is 2.29.